The van der Waals surface area contributed by atoms with Crippen molar-refractivity contribution in [2.24, 2.45) is 0 Å². The standard InChI is InChI=1S/C21H20N4O2/c1-27-19-9-5-4-8-18(19)24-20(26)17-12-22-21(23-13-17)25-11-10-15-6-2-3-7-16(15)14-25/h2-9,12-13H,10-11,14H2,1H3,(H,24,26). The lowest BCUT2D eigenvalue weighted by Gasteiger charge is -2.28. The zero-order chi connectivity index (χ0) is 18.6. The normalized spacial score (nSPS) is 13.0. The van der Waals surface area contributed by atoms with Crippen molar-refractivity contribution in [3.8, 4) is 5.75 Å². The lowest BCUT2D eigenvalue weighted by molar-refractivity contribution is 0.102. The van der Waals surface area contributed by atoms with Crippen molar-refractivity contribution in [3.05, 3.63) is 77.6 Å². The molecule has 0 spiro atoms. The van der Waals surface area contributed by atoms with E-state index in [1.54, 1.807) is 31.6 Å². The second-order valence-corrected chi connectivity index (χ2v) is 6.37. The Balaban J connectivity index is 1.47. The Morgan fingerprint density at radius 2 is 1.74 bits per heavy atom. The summed E-state index contributed by atoms with van der Waals surface area (Å²) in [6.45, 7) is 1.65. The molecule has 0 unspecified atom stereocenters. The van der Waals surface area contributed by atoms with Crippen LogP contribution in [0, 0.1) is 0 Å². The second kappa shape index (κ2) is 7.45. The fraction of sp³-hybridized carbons (Fsp3) is 0.190. The molecular weight excluding hydrogens is 340 g/mol. The number of para-hydroxylation sites is 2. The number of anilines is 2. The first kappa shape index (κ1) is 17.0. The molecule has 0 radical (unpaired) electrons. The third-order valence-corrected chi connectivity index (χ3v) is 4.67. The van der Waals surface area contributed by atoms with Gasteiger partial charge in [-0.3, -0.25) is 4.79 Å². The van der Waals surface area contributed by atoms with Gasteiger partial charge in [0.2, 0.25) is 5.95 Å². The number of benzene rings is 2. The first-order chi connectivity index (χ1) is 13.2. The minimum Gasteiger partial charge on any atom is -0.495 e. The van der Waals surface area contributed by atoms with Gasteiger partial charge >= 0.3 is 0 Å². The number of hydrogen-bond acceptors (Lipinski definition) is 5. The maximum absolute atomic E-state index is 12.5. The van der Waals surface area contributed by atoms with Gasteiger partial charge in [-0.2, -0.15) is 0 Å². The highest BCUT2D eigenvalue weighted by Gasteiger charge is 2.18. The summed E-state index contributed by atoms with van der Waals surface area (Å²) in [4.78, 5) is 23.4. The van der Waals surface area contributed by atoms with Crippen LogP contribution in [0.15, 0.2) is 60.9 Å². The van der Waals surface area contributed by atoms with Gasteiger partial charge < -0.3 is 15.0 Å². The van der Waals surface area contributed by atoms with Crippen LogP contribution in [0.1, 0.15) is 21.5 Å². The number of rotatable bonds is 4. The number of carbonyl (C=O) groups excluding carboxylic acids is 1. The van der Waals surface area contributed by atoms with Crippen LogP contribution in [-0.2, 0) is 13.0 Å². The number of amides is 1. The highest BCUT2D eigenvalue weighted by Crippen LogP contribution is 2.24. The third kappa shape index (κ3) is 3.60. The smallest absolute Gasteiger partial charge is 0.258 e. The van der Waals surface area contributed by atoms with Gasteiger partial charge in [-0.1, -0.05) is 36.4 Å². The largest absolute Gasteiger partial charge is 0.495 e. The molecule has 0 saturated heterocycles. The highest BCUT2D eigenvalue weighted by atomic mass is 16.5. The van der Waals surface area contributed by atoms with Gasteiger partial charge in [0, 0.05) is 25.5 Å². The Hall–Kier alpha value is -3.41. The molecule has 4 rings (SSSR count). The average molecular weight is 360 g/mol. The summed E-state index contributed by atoms with van der Waals surface area (Å²) in [5, 5.41) is 2.83. The quantitative estimate of drug-likeness (QED) is 0.773. The third-order valence-electron chi connectivity index (χ3n) is 4.67. The van der Waals surface area contributed by atoms with Gasteiger partial charge in [-0.05, 0) is 29.7 Å². The molecule has 0 atom stereocenters. The number of ether oxygens (including phenoxy) is 1. The van der Waals surface area contributed by atoms with Crippen LogP contribution in [-0.4, -0.2) is 29.5 Å². The van der Waals surface area contributed by atoms with E-state index >= 15 is 0 Å². The van der Waals surface area contributed by atoms with Gasteiger partial charge in [0.15, 0.2) is 0 Å². The number of nitrogens with zero attached hydrogens (tertiary/aromatic N) is 3. The van der Waals surface area contributed by atoms with E-state index in [4.69, 9.17) is 4.74 Å². The fourth-order valence-electron chi connectivity index (χ4n) is 3.21. The number of carbonyl (C=O) groups is 1. The maximum Gasteiger partial charge on any atom is 0.258 e. The molecule has 136 valence electrons. The van der Waals surface area contributed by atoms with Crippen LogP contribution in [0.2, 0.25) is 0 Å². The predicted octanol–water partition coefficient (Wildman–Crippen LogP) is 3.30. The topological polar surface area (TPSA) is 67.3 Å². The predicted molar refractivity (Wildman–Crippen MR) is 104 cm³/mol. The Morgan fingerprint density at radius 1 is 1.04 bits per heavy atom. The number of fused-ring (bicyclic) bond motifs is 1. The van der Waals surface area contributed by atoms with Crippen LogP contribution < -0.4 is 15.0 Å². The SMILES string of the molecule is COc1ccccc1NC(=O)c1cnc(N2CCc3ccccc3C2)nc1. The van der Waals surface area contributed by atoms with E-state index in [0.29, 0.717) is 22.9 Å². The van der Waals surface area contributed by atoms with Gasteiger partial charge in [0.25, 0.3) is 5.91 Å². The number of nitrogens with one attached hydrogen (secondary N) is 1. The van der Waals surface area contributed by atoms with E-state index < -0.39 is 0 Å². The molecule has 2 aromatic carbocycles. The van der Waals surface area contributed by atoms with E-state index in [-0.39, 0.29) is 5.91 Å². The zero-order valence-electron chi connectivity index (χ0n) is 15.1. The summed E-state index contributed by atoms with van der Waals surface area (Å²) in [5.41, 5.74) is 3.69. The van der Waals surface area contributed by atoms with Crippen molar-refractivity contribution in [2.75, 3.05) is 23.9 Å². The summed E-state index contributed by atoms with van der Waals surface area (Å²) in [7, 11) is 1.57. The lowest BCUT2D eigenvalue weighted by atomic mass is 10.0. The average Bonchev–Trinajstić information content (AvgIpc) is 2.74. The summed E-state index contributed by atoms with van der Waals surface area (Å²) >= 11 is 0. The van der Waals surface area contributed by atoms with Crippen LogP contribution in [0.25, 0.3) is 0 Å². The molecule has 1 aliphatic heterocycles. The first-order valence-electron chi connectivity index (χ1n) is 8.83. The van der Waals surface area contributed by atoms with Crippen molar-refractivity contribution in [2.45, 2.75) is 13.0 Å². The molecule has 1 aliphatic rings. The lowest BCUT2D eigenvalue weighted by Crippen LogP contribution is -2.31. The van der Waals surface area contributed by atoms with Gasteiger partial charge in [-0.25, -0.2) is 9.97 Å². The molecule has 0 aliphatic carbocycles. The number of hydrogen-bond donors (Lipinski definition) is 1. The zero-order valence-corrected chi connectivity index (χ0v) is 15.1. The van der Waals surface area contributed by atoms with Crippen molar-refractivity contribution >= 4 is 17.5 Å². The molecule has 6 heteroatoms. The van der Waals surface area contributed by atoms with Gasteiger partial charge in [-0.15, -0.1) is 0 Å². The van der Waals surface area contributed by atoms with Crippen molar-refractivity contribution < 1.29 is 9.53 Å². The molecule has 3 aromatic rings. The van der Waals surface area contributed by atoms with Crippen molar-refractivity contribution in [3.63, 3.8) is 0 Å². The van der Waals surface area contributed by atoms with Crippen LogP contribution >= 0.6 is 0 Å². The Labute approximate surface area is 157 Å². The molecule has 0 saturated carbocycles. The molecule has 2 heterocycles. The van der Waals surface area contributed by atoms with E-state index in [2.05, 4.69) is 44.5 Å². The minimum absolute atomic E-state index is 0.268. The van der Waals surface area contributed by atoms with Crippen LogP contribution in [0.3, 0.4) is 0 Å². The van der Waals surface area contributed by atoms with E-state index in [9.17, 15) is 4.79 Å². The molecule has 27 heavy (non-hydrogen) atoms. The van der Waals surface area contributed by atoms with E-state index in [1.807, 2.05) is 12.1 Å². The second-order valence-electron chi connectivity index (χ2n) is 6.37. The summed E-state index contributed by atoms with van der Waals surface area (Å²) in [6, 6.07) is 15.7. The van der Waals surface area contributed by atoms with E-state index in [1.165, 1.54) is 11.1 Å². The number of methoxy groups -OCH3 is 1. The molecule has 1 aromatic heterocycles. The van der Waals surface area contributed by atoms with Crippen molar-refractivity contribution in [1.29, 1.82) is 0 Å². The molecule has 0 fully saturated rings. The summed E-state index contributed by atoms with van der Waals surface area (Å²) < 4.78 is 5.26. The fourth-order valence-corrected chi connectivity index (χ4v) is 3.21. The maximum atomic E-state index is 12.5. The van der Waals surface area contributed by atoms with Crippen LogP contribution in [0.4, 0.5) is 11.6 Å². The molecule has 1 amide bonds. The first-order valence-corrected chi connectivity index (χ1v) is 8.83. The van der Waals surface area contributed by atoms with Gasteiger partial charge in [0.1, 0.15) is 5.75 Å². The van der Waals surface area contributed by atoms with Crippen molar-refractivity contribution in [1.82, 2.24) is 9.97 Å². The summed E-state index contributed by atoms with van der Waals surface area (Å²) in [5.74, 6) is 0.976. The Kier molecular flexibility index (Phi) is 4.70. The molecule has 1 N–H and O–H groups in total. The Bertz CT molecular complexity index is 956. The molecular formula is C21H20N4O2. The molecule has 6 nitrogen and oxygen atoms in total. The molecule has 0 bridgehead atoms. The highest BCUT2D eigenvalue weighted by molar-refractivity contribution is 6.04. The Morgan fingerprint density at radius 3 is 2.52 bits per heavy atom. The summed E-state index contributed by atoms with van der Waals surface area (Å²) in [6.07, 6.45) is 4.09. The van der Waals surface area contributed by atoms with Gasteiger partial charge in [0.05, 0.1) is 18.4 Å². The monoisotopic (exact) mass is 360 g/mol. The number of aromatic nitrogens is 2. The van der Waals surface area contributed by atoms with Crippen LogP contribution in [0.5, 0.6) is 5.75 Å². The van der Waals surface area contributed by atoms with E-state index in [0.717, 1.165) is 19.5 Å². The minimum atomic E-state index is -0.268.